The number of para-hydroxylation sites is 1. The van der Waals surface area contributed by atoms with E-state index in [4.69, 9.17) is 9.47 Å². The first-order valence-corrected chi connectivity index (χ1v) is 10.8. The van der Waals surface area contributed by atoms with Crippen molar-refractivity contribution in [3.05, 3.63) is 54.1 Å². The third-order valence-electron chi connectivity index (χ3n) is 5.18. The summed E-state index contributed by atoms with van der Waals surface area (Å²) < 4.78 is 38.6. The van der Waals surface area contributed by atoms with Crippen LogP contribution in [0.3, 0.4) is 0 Å². The van der Waals surface area contributed by atoms with Gasteiger partial charge in [-0.1, -0.05) is 24.6 Å². The van der Waals surface area contributed by atoms with Gasteiger partial charge < -0.3 is 9.47 Å². The van der Waals surface area contributed by atoms with Gasteiger partial charge in [-0.05, 0) is 61.6 Å². The summed E-state index contributed by atoms with van der Waals surface area (Å²) in [6.45, 7) is 0.574. The summed E-state index contributed by atoms with van der Waals surface area (Å²) in [6.07, 6.45) is 4.44. The molecule has 0 bridgehead atoms. The van der Waals surface area contributed by atoms with Crippen LogP contribution in [-0.2, 0) is 16.4 Å². The summed E-state index contributed by atoms with van der Waals surface area (Å²) in [7, 11) is -0.272. The summed E-state index contributed by atoms with van der Waals surface area (Å²) >= 11 is 0. The maximum atomic E-state index is 13.2. The highest BCUT2D eigenvalue weighted by molar-refractivity contribution is 7.89. The van der Waals surface area contributed by atoms with Gasteiger partial charge >= 0.3 is 0 Å². The van der Waals surface area contributed by atoms with E-state index in [9.17, 15) is 8.42 Å². The maximum Gasteiger partial charge on any atom is 0.243 e. The van der Waals surface area contributed by atoms with Crippen molar-refractivity contribution in [3.8, 4) is 11.5 Å². The molecule has 1 aliphatic rings. The minimum Gasteiger partial charge on any atom is -0.497 e. The minimum absolute atomic E-state index is 0.00997. The molecule has 1 atom stereocenters. The van der Waals surface area contributed by atoms with Crippen LogP contribution >= 0.6 is 0 Å². The predicted octanol–water partition coefficient (Wildman–Crippen LogP) is 3.88. The van der Waals surface area contributed by atoms with E-state index in [1.54, 1.807) is 42.8 Å². The molecule has 0 aliphatic carbocycles. The first kappa shape index (κ1) is 19.7. The lowest BCUT2D eigenvalue weighted by atomic mass is 9.97. The van der Waals surface area contributed by atoms with Crippen LogP contribution in [-0.4, -0.2) is 39.5 Å². The Labute approximate surface area is 162 Å². The molecule has 2 aromatic rings. The van der Waals surface area contributed by atoms with Crippen molar-refractivity contribution in [2.24, 2.45) is 0 Å². The number of benzene rings is 2. The van der Waals surface area contributed by atoms with E-state index in [0.29, 0.717) is 17.2 Å². The molecule has 0 saturated carbocycles. The smallest absolute Gasteiger partial charge is 0.243 e. The normalized spacial score (nSPS) is 18.2. The van der Waals surface area contributed by atoms with Gasteiger partial charge in [-0.25, -0.2) is 8.42 Å². The van der Waals surface area contributed by atoms with E-state index >= 15 is 0 Å². The van der Waals surface area contributed by atoms with Crippen LogP contribution in [0.4, 0.5) is 0 Å². The number of sulfonamides is 1. The lowest BCUT2D eigenvalue weighted by Gasteiger charge is -2.35. The molecular formula is C21H27NO4S. The van der Waals surface area contributed by atoms with Crippen LogP contribution in [0.2, 0.25) is 0 Å². The largest absolute Gasteiger partial charge is 0.497 e. The molecule has 1 fully saturated rings. The predicted molar refractivity (Wildman–Crippen MR) is 106 cm³/mol. The number of methoxy groups -OCH3 is 2. The molecule has 146 valence electrons. The molecule has 2 aromatic carbocycles. The molecule has 0 amide bonds. The summed E-state index contributed by atoms with van der Waals surface area (Å²) in [5.41, 5.74) is 1.12. The quantitative estimate of drug-likeness (QED) is 0.721. The van der Waals surface area contributed by atoms with Gasteiger partial charge in [0.1, 0.15) is 11.5 Å². The van der Waals surface area contributed by atoms with Crippen LogP contribution in [0.1, 0.15) is 31.2 Å². The molecule has 1 saturated heterocycles. The van der Waals surface area contributed by atoms with E-state index in [1.807, 2.05) is 24.3 Å². The van der Waals surface area contributed by atoms with E-state index in [1.165, 1.54) is 0 Å². The fourth-order valence-corrected chi connectivity index (χ4v) is 5.42. The van der Waals surface area contributed by atoms with E-state index in [-0.39, 0.29) is 6.04 Å². The fraction of sp³-hybridized carbons (Fsp3) is 0.429. The van der Waals surface area contributed by atoms with Crippen LogP contribution in [0.15, 0.2) is 53.4 Å². The van der Waals surface area contributed by atoms with E-state index in [0.717, 1.165) is 43.4 Å². The Morgan fingerprint density at radius 1 is 1.00 bits per heavy atom. The number of ether oxygens (including phenoxy) is 2. The zero-order chi connectivity index (χ0) is 19.3. The van der Waals surface area contributed by atoms with Crippen LogP contribution in [0.25, 0.3) is 0 Å². The Balaban J connectivity index is 1.77. The lowest BCUT2D eigenvalue weighted by molar-refractivity contribution is 0.240. The highest BCUT2D eigenvalue weighted by Gasteiger charge is 2.33. The molecule has 1 aliphatic heterocycles. The third-order valence-corrected chi connectivity index (χ3v) is 7.14. The molecule has 1 unspecified atom stereocenters. The number of hydrogen-bond acceptors (Lipinski definition) is 4. The molecular weight excluding hydrogens is 362 g/mol. The number of rotatable bonds is 7. The fourth-order valence-electron chi connectivity index (χ4n) is 3.69. The van der Waals surface area contributed by atoms with Gasteiger partial charge in [0.25, 0.3) is 0 Å². The molecule has 0 radical (unpaired) electrons. The molecule has 3 rings (SSSR count). The van der Waals surface area contributed by atoms with E-state index in [2.05, 4.69) is 0 Å². The average Bonchev–Trinajstić information content (AvgIpc) is 2.72. The second-order valence-corrected chi connectivity index (χ2v) is 8.68. The number of nitrogens with zero attached hydrogens (tertiary/aromatic N) is 1. The Hall–Kier alpha value is -2.05. The topological polar surface area (TPSA) is 55.8 Å². The summed E-state index contributed by atoms with van der Waals surface area (Å²) in [6, 6.07) is 14.6. The minimum atomic E-state index is -3.51. The van der Waals surface area contributed by atoms with Gasteiger partial charge in [0, 0.05) is 12.6 Å². The molecule has 5 nitrogen and oxygen atoms in total. The second-order valence-electron chi connectivity index (χ2n) is 6.79. The molecule has 1 heterocycles. The first-order valence-electron chi connectivity index (χ1n) is 9.34. The zero-order valence-corrected chi connectivity index (χ0v) is 16.7. The Morgan fingerprint density at radius 3 is 2.44 bits per heavy atom. The highest BCUT2D eigenvalue weighted by atomic mass is 32.2. The van der Waals surface area contributed by atoms with Crippen LogP contribution in [0, 0.1) is 0 Å². The van der Waals surface area contributed by atoms with Crippen molar-refractivity contribution in [1.29, 1.82) is 0 Å². The SMILES string of the molecule is COc1ccc(S(=O)(=O)N2CCCCC2CCc2ccccc2OC)cc1. The number of aryl methyl sites for hydroxylation is 1. The van der Waals surface area contributed by atoms with Gasteiger partial charge in [0.05, 0.1) is 19.1 Å². The van der Waals surface area contributed by atoms with Crippen LogP contribution in [0.5, 0.6) is 11.5 Å². The highest BCUT2D eigenvalue weighted by Crippen LogP contribution is 2.30. The zero-order valence-electron chi connectivity index (χ0n) is 15.9. The monoisotopic (exact) mass is 389 g/mol. The molecule has 6 heteroatoms. The summed E-state index contributed by atoms with van der Waals surface area (Å²) in [4.78, 5) is 0.326. The van der Waals surface area contributed by atoms with Gasteiger partial charge in [-0.15, -0.1) is 0 Å². The number of hydrogen-bond donors (Lipinski definition) is 0. The Morgan fingerprint density at radius 2 is 1.74 bits per heavy atom. The van der Waals surface area contributed by atoms with Crippen molar-refractivity contribution in [2.75, 3.05) is 20.8 Å². The first-order chi connectivity index (χ1) is 13.1. The third kappa shape index (κ3) is 4.45. The van der Waals surface area contributed by atoms with Crippen molar-refractivity contribution in [1.82, 2.24) is 4.31 Å². The van der Waals surface area contributed by atoms with Crippen LogP contribution < -0.4 is 9.47 Å². The van der Waals surface area contributed by atoms with Gasteiger partial charge in [-0.2, -0.15) is 4.31 Å². The van der Waals surface area contributed by atoms with Gasteiger partial charge in [0.15, 0.2) is 0 Å². The van der Waals surface area contributed by atoms with E-state index < -0.39 is 10.0 Å². The molecule has 0 N–H and O–H groups in total. The van der Waals surface area contributed by atoms with Gasteiger partial charge in [-0.3, -0.25) is 0 Å². The van der Waals surface area contributed by atoms with Crippen molar-refractivity contribution >= 4 is 10.0 Å². The Kier molecular flexibility index (Phi) is 6.39. The average molecular weight is 390 g/mol. The van der Waals surface area contributed by atoms with Crippen molar-refractivity contribution in [3.63, 3.8) is 0 Å². The van der Waals surface area contributed by atoms with Gasteiger partial charge in [0.2, 0.25) is 10.0 Å². The standard InChI is InChI=1S/C21H27NO4S/c1-25-19-12-14-20(15-13-19)27(23,24)22-16-6-5-8-18(22)11-10-17-7-3-4-9-21(17)26-2/h3-4,7,9,12-15,18H,5-6,8,10-11,16H2,1-2H3. The lowest BCUT2D eigenvalue weighted by Crippen LogP contribution is -2.43. The maximum absolute atomic E-state index is 13.2. The number of piperidine rings is 1. The summed E-state index contributed by atoms with van der Waals surface area (Å²) in [5.74, 6) is 1.51. The summed E-state index contributed by atoms with van der Waals surface area (Å²) in [5, 5.41) is 0. The van der Waals surface area contributed by atoms with Crippen molar-refractivity contribution < 1.29 is 17.9 Å². The molecule has 27 heavy (non-hydrogen) atoms. The molecule has 0 aromatic heterocycles. The second kappa shape index (κ2) is 8.76. The molecule has 0 spiro atoms. The van der Waals surface area contributed by atoms with Crippen molar-refractivity contribution in [2.45, 2.75) is 43.0 Å². The Bertz CT molecular complexity index is 849.